The molecule has 18 heavy (non-hydrogen) atoms. The summed E-state index contributed by atoms with van der Waals surface area (Å²) in [5, 5.41) is 2.77. The van der Waals surface area contributed by atoms with Gasteiger partial charge in [-0.3, -0.25) is 5.32 Å². The molecular formula is C12H14BrClFNO2. The molecule has 0 spiro atoms. The summed E-state index contributed by atoms with van der Waals surface area (Å²) >= 11 is 8.88. The summed E-state index contributed by atoms with van der Waals surface area (Å²) in [4.78, 5) is 11.5. The van der Waals surface area contributed by atoms with Gasteiger partial charge in [0.2, 0.25) is 0 Å². The van der Waals surface area contributed by atoms with Crippen molar-refractivity contribution in [2.45, 2.75) is 31.7 Å². The lowest BCUT2D eigenvalue weighted by molar-refractivity contribution is 0.0636. The monoisotopic (exact) mass is 337 g/mol. The lowest BCUT2D eigenvalue weighted by Gasteiger charge is -2.20. The first-order chi connectivity index (χ1) is 8.23. The number of carbonyl (C=O) groups is 1. The second kappa shape index (κ2) is 5.89. The molecule has 1 N–H and O–H groups in total. The molecule has 1 rings (SSSR count). The molecule has 0 aliphatic rings. The SMILES string of the molecule is CC(C)(C)OC(=O)Nc1cc(Cl)c(F)c(CBr)c1. The van der Waals surface area contributed by atoms with Crippen LogP contribution in [0.25, 0.3) is 0 Å². The average Bonchev–Trinajstić information content (AvgIpc) is 2.20. The van der Waals surface area contributed by atoms with Gasteiger partial charge in [0.05, 0.1) is 5.02 Å². The molecule has 1 amide bonds. The Hall–Kier alpha value is -0.810. The summed E-state index contributed by atoms with van der Waals surface area (Å²) < 4.78 is 18.6. The number of nitrogens with one attached hydrogen (secondary N) is 1. The quantitative estimate of drug-likeness (QED) is 0.792. The van der Waals surface area contributed by atoms with Gasteiger partial charge in [-0.05, 0) is 32.9 Å². The standard InChI is InChI=1S/C12H14BrClFNO2/c1-12(2,3)18-11(17)16-8-4-7(6-13)10(15)9(14)5-8/h4-5H,6H2,1-3H3,(H,16,17). The third kappa shape index (κ3) is 4.46. The lowest BCUT2D eigenvalue weighted by Crippen LogP contribution is -2.27. The van der Waals surface area contributed by atoms with Gasteiger partial charge in [-0.2, -0.15) is 0 Å². The number of hydrogen-bond donors (Lipinski definition) is 1. The van der Waals surface area contributed by atoms with E-state index in [0.29, 0.717) is 16.6 Å². The van der Waals surface area contributed by atoms with Gasteiger partial charge in [0.25, 0.3) is 0 Å². The molecule has 0 radical (unpaired) electrons. The Morgan fingerprint density at radius 2 is 2.11 bits per heavy atom. The normalized spacial score (nSPS) is 11.2. The van der Waals surface area contributed by atoms with Crippen LogP contribution in [-0.2, 0) is 10.1 Å². The van der Waals surface area contributed by atoms with E-state index in [2.05, 4.69) is 21.2 Å². The van der Waals surface area contributed by atoms with E-state index in [4.69, 9.17) is 16.3 Å². The Kier molecular flexibility index (Phi) is 4.99. The van der Waals surface area contributed by atoms with E-state index in [-0.39, 0.29) is 5.02 Å². The molecule has 0 bridgehead atoms. The van der Waals surface area contributed by atoms with E-state index in [1.54, 1.807) is 20.8 Å². The van der Waals surface area contributed by atoms with Crippen LogP contribution in [0, 0.1) is 5.82 Å². The summed E-state index contributed by atoms with van der Waals surface area (Å²) in [7, 11) is 0. The highest BCUT2D eigenvalue weighted by Gasteiger charge is 2.17. The second-order valence-electron chi connectivity index (χ2n) is 4.69. The minimum atomic E-state index is -0.606. The first-order valence-electron chi connectivity index (χ1n) is 5.27. The van der Waals surface area contributed by atoms with Gasteiger partial charge in [0.1, 0.15) is 11.4 Å². The van der Waals surface area contributed by atoms with Gasteiger partial charge in [0.15, 0.2) is 0 Å². The van der Waals surface area contributed by atoms with Crippen molar-refractivity contribution in [2.24, 2.45) is 0 Å². The Balaban J connectivity index is 2.86. The van der Waals surface area contributed by atoms with E-state index in [1.807, 2.05) is 0 Å². The molecule has 0 aromatic heterocycles. The third-order valence-electron chi connectivity index (χ3n) is 1.89. The van der Waals surface area contributed by atoms with Crippen LogP contribution in [0.15, 0.2) is 12.1 Å². The van der Waals surface area contributed by atoms with Crippen LogP contribution in [0.4, 0.5) is 14.9 Å². The van der Waals surface area contributed by atoms with Crippen molar-refractivity contribution in [1.82, 2.24) is 0 Å². The van der Waals surface area contributed by atoms with Crippen LogP contribution >= 0.6 is 27.5 Å². The number of halogens is 3. The summed E-state index contributed by atoms with van der Waals surface area (Å²) in [6.45, 7) is 5.27. The first kappa shape index (κ1) is 15.2. The lowest BCUT2D eigenvalue weighted by atomic mass is 10.2. The van der Waals surface area contributed by atoms with Gasteiger partial charge >= 0.3 is 6.09 Å². The summed E-state index contributed by atoms with van der Waals surface area (Å²) in [5.74, 6) is -0.497. The largest absolute Gasteiger partial charge is 0.444 e. The van der Waals surface area contributed by atoms with Crippen molar-refractivity contribution in [1.29, 1.82) is 0 Å². The Morgan fingerprint density at radius 1 is 1.50 bits per heavy atom. The van der Waals surface area contributed by atoms with Crippen molar-refractivity contribution in [3.05, 3.63) is 28.5 Å². The van der Waals surface area contributed by atoms with Crippen LogP contribution < -0.4 is 5.32 Å². The average molecular weight is 339 g/mol. The molecule has 0 aliphatic carbocycles. The zero-order valence-corrected chi connectivity index (χ0v) is 12.7. The van der Waals surface area contributed by atoms with Crippen molar-refractivity contribution in [3.63, 3.8) is 0 Å². The van der Waals surface area contributed by atoms with E-state index < -0.39 is 17.5 Å². The summed E-state index contributed by atoms with van der Waals surface area (Å²) in [6, 6.07) is 2.84. The molecule has 6 heteroatoms. The van der Waals surface area contributed by atoms with Gasteiger partial charge in [-0.25, -0.2) is 9.18 Å². The molecule has 0 saturated heterocycles. The van der Waals surface area contributed by atoms with Crippen LogP contribution in [0.2, 0.25) is 5.02 Å². The van der Waals surface area contributed by atoms with Gasteiger partial charge in [-0.1, -0.05) is 27.5 Å². The van der Waals surface area contributed by atoms with Crippen LogP contribution in [0.5, 0.6) is 0 Å². The number of rotatable bonds is 2. The topological polar surface area (TPSA) is 38.3 Å². The fourth-order valence-electron chi connectivity index (χ4n) is 1.24. The van der Waals surface area contributed by atoms with Crippen LogP contribution in [0.1, 0.15) is 26.3 Å². The molecule has 0 atom stereocenters. The van der Waals surface area contributed by atoms with Crippen molar-refractivity contribution in [2.75, 3.05) is 5.32 Å². The molecule has 100 valence electrons. The minimum absolute atomic E-state index is 0.0435. The number of benzene rings is 1. The maximum Gasteiger partial charge on any atom is 0.412 e. The highest BCUT2D eigenvalue weighted by Crippen LogP contribution is 2.25. The zero-order valence-electron chi connectivity index (χ0n) is 10.3. The van der Waals surface area contributed by atoms with Gasteiger partial charge < -0.3 is 4.74 Å². The van der Waals surface area contributed by atoms with Crippen LogP contribution in [0.3, 0.4) is 0 Å². The molecule has 1 aromatic rings. The molecular weight excluding hydrogens is 324 g/mol. The Morgan fingerprint density at radius 3 is 2.61 bits per heavy atom. The third-order valence-corrected chi connectivity index (χ3v) is 2.77. The van der Waals surface area contributed by atoms with E-state index in [0.717, 1.165) is 0 Å². The highest BCUT2D eigenvalue weighted by atomic mass is 79.9. The molecule has 0 saturated carbocycles. The van der Waals surface area contributed by atoms with E-state index in [9.17, 15) is 9.18 Å². The predicted octanol–water partition coefficient (Wildman–Crippen LogP) is 4.72. The number of amides is 1. The maximum absolute atomic E-state index is 13.5. The smallest absolute Gasteiger partial charge is 0.412 e. The fraction of sp³-hybridized carbons (Fsp3) is 0.417. The number of anilines is 1. The van der Waals surface area contributed by atoms with E-state index in [1.165, 1.54) is 12.1 Å². The fourth-order valence-corrected chi connectivity index (χ4v) is 1.88. The first-order valence-corrected chi connectivity index (χ1v) is 6.77. The molecule has 0 aliphatic heterocycles. The number of alkyl halides is 1. The van der Waals surface area contributed by atoms with Crippen molar-refractivity contribution < 1.29 is 13.9 Å². The minimum Gasteiger partial charge on any atom is -0.444 e. The molecule has 0 fully saturated rings. The van der Waals surface area contributed by atoms with Gasteiger partial charge in [-0.15, -0.1) is 0 Å². The van der Waals surface area contributed by atoms with Crippen molar-refractivity contribution in [3.8, 4) is 0 Å². The van der Waals surface area contributed by atoms with Crippen molar-refractivity contribution >= 4 is 39.3 Å². The molecule has 0 heterocycles. The predicted molar refractivity (Wildman–Crippen MR) is 73.9 cm³/mol. The number of hydrogen-bond acceptors (Lipinski definition) is 2. The highest BCUT2D eigenvalue weighted by molar-refractivity contribution is 9.08. The second-order valence-corrected chi connectivity index (χ2v) is 5.66. The number of carbonyl (C=O) groups excluding carboxylic acids is 1. The maximum atomic E-state index is 13.5. The molecule has 0 unspecified atom stereocenters. The molecule has 3 nitrogen and oxygen atoms in total. The Labute approximate surface area is 119 Å². The summed E-state index contributed by atoms with van der Waals surface area (Å²) in [5.41, 5.74) is 0.172. The van der Waals surface area contributed by atoms with Crippen LogP contribution in [-0.4, -0.2) is 11.7 Å². The van der Waals surface area contributed by atoms with Gasteiger partial charge in [0, 0.05) is 16.6 Å². The zero-order chi connectivity index (χ0) is 13.9. The van der Waals surface area contributed by atoms with E-state index >= 15 is 0 Å². The summed E-state index contributed by atoms with van der Waals surface area (Å²) in [6.07, 6.45) is -0.606. The Bertz CT molecular complexity index is 460. The number of ether oxygens (including phenoxy) is 1. The molecule has 1 aromatic carbocycles.